The van der Waals surface area contributed by atoms with Crippen LogP contribution in [-0.4, -0.2) is 26.3 Å². The molecule has 0 spiro atoms. The van der Waals surface area contributed by atoms with Gasteiger partial charge in [0.15, 0.2) is 9.84 Å². The topological polar surface area (TPSA) is 46.2 Å². The largest absolute Gasteiger partial charge is 0.307 e. The summed E-state index contributed by atoms with van der Waals surface area (Å²) < 4.78 is 21.8. The predicted molar refractivity (Wildman–Crippen MR) is 42.9 cm³/mol. The highest BCUT2D eigenvalue weighted by Crippen LogP contribution is 2.21. The fraction of sp³-hybridized carbons (Fsp3) is 0.714. The van der Waals surface area contributed by atoms with Crippen LogP contribution in [0.25, 0.3) is 0 Å². The van der Waals surface area contributed by atoms with E-state index in [4.69, 9.17) is 0 Å². The van der Waals surface area contributed by atoms with Crippen LogP contribution in [0.5, 0.6) is 0 Å². The van der Waals surface area contributed by atoms with E-state index in [0.717, 1.165) is 0 Å². The van der Waals surface area contributed by atoms with E-state index in [-0.39, 0.29) is 11.8 Å². The fourth-order valence-electron chi connectivity index (χ4n) is 1.23. The van der Waals surface area contributed by atoms with Crippen LogP contribution in [0.15, 0.2) is 11.5 Å². The van der Waals surface area contributed by atoms with Crippen molar-refractivity contribution in [3.63, 3.8) is 0 Å². The van der Waals surface area contributed by atoms with Crippen LogP contribution in [0.4, 0.5) is 0 Å². The van der Waals surface area contributed by atoms with Gasteiger partial charge in [-0.25, -0.2) is 8.42 Å². The summed E-state index contributed by atoms with van der Waals surface area (Å²) in [6.07, 6.45) is 4.14. The number of sulfone groups is 1. The second kappa shape index (κ2) is 2.32. The lowest BCUT2D eigenvalue weighted by atomic mass is 10.3. The van der Waals surface area contributed by atoms with E-state index >= 15 is 0 Å². The van der Waals surface area contributed by atoms with Crippen LogP contribution in [0.1, 0.15) is 12.8 Å². The first-order valence-electron chi connectivity index (χ1n) is 3.83. The monoisotopic (exact) mass is 173 g/mol. The van der Waals surface area contributed by atoms with Gasteiger partial charge in [-0.3, -0.25) is 0 Å². The van der Waals surface area contributed by atoms with Crippen LogP contribution < -0.4 is 5.32 Å². The maximum Gasteiger partial charge on any atom is 0.173 e. The molecule has 62 valence electrons. The molecular formula is C7H11NO2S. The Labute approximate surface area is 66.4 Å². The van der Waals surface area contributed by atoms with Crippen molar-refractivity contribution < 1.29 is 8.42 Å². The van der Waals surface area contributed by atoms with Crippen LogP contribution in [0, 0.1) is 0 Å². The minimum atomic E-state index is -2.86. The van der Waals surface area contributed by atoms with E-state index in [1.807, 2.05) is 0 Å². The van der Waals surface area contributed by atoms with E-state index in [1.54, 1.807) is 6.08 Å². The highest BCUT2D eigenvalue weighted by Gasteiger charge is 2.28. The number of hydrogen-bond donors (Lipinski definition) is 1. The van der Waals surface area contributed by atoms with Gasteiger partial charge in [0.25, 0.3) is 0 Å². The molecule has 4 heteroatoms. The molecule has 1 fully saturated rings. The smallest absolute Gasteiger partial charge is 0.173 e. The molecule has 1 aliphatic heterocycles. The minimum Gasteiger partial charge on any atom is -0.307 e. The van der Waals surface area contributed by atoms with Gasteiger partial charge >= 0.3 is 0 Å². The summed E-state index contributed by atoms with van der Waals surface area (Å²) in [5.74, 6) is 0.253. The first-order chi connectivity index (χ1) is 5.16. The summed E-state index contributed by atoms with van der Waals surface area (Å²) in [5.41, 5.74) is 0. The molecule has 1 N–H and O–H groups in total. The van der Waals surface area contributed by atoms with E-state index in [0.29, 0.717) is 6.04 Å². The molecule has 11 heavy (non-hydrogen) atoms. The Morgan fingerprint density at radius 1 is 1.36 bits per heavy atom. The Hall–Kier alpha value is -0.350. The summed E-state index contributed by atoms with van der Waals surface area (Å²) in [5, 5.41) is 4.55. The highest BCUT2D eigenvalue weighted by atomic mass is 32.2. The number of rotatable bonds is 2. The third-order valence-corrected chi connectivity index (χ3v) is 3.35. The SMILES string of the molecule is O=S1(=O)C=CC(NC2CC2)C1. The first kappa shape index (κ1) is 7.31. The van der Waals surface area contributed by atoms with Gasteiger partial charge < -0.3 is 5.32 Å². The molecule has 1 saturated carbocycles. The maximum absolute atomic E-state index is 10.9. The second-order valence-corrected chi connectivity index (χ2v) is 5.14. The van der Waals surface area contributed by atoms with Gasteiger partial charge in [0.1, 0.15) is 0 Å². The maximum atomic E-state index is 10.9. The summed E-state index contributed by atoms with van der Waals surface area (Å²) in [7, 11) is -2.86. The molecule has 1 heterocycles. The third kappa shape index (κ3) is 1.81. The molecular weight excluding hydrogens is 162 g/mol. The predicted octanol–water partition coefficient (Wildman–Crippen LogP) is 0.0491. The number of nitrogens with one attached hydrogen (secondary N) is 1. The molecule has 1 unspecified atom stereocenters. The van der Waals surface area contributed by atoms with Gasteiger partial charge in [-0.05, 0) is 12.8 Å². The van der Waals surface area contributed by atoms with Gasteiger partial charge in [-0.2, -0.15) is 0 Å². The molecule has 0 aromatic carbocycles. The molecule has 0 aromatic heterocycles. The van der Waals surface area contributed by atoms with Crippen molar-refractivity contribution in [2.45, 2.75) is 24.9 Å². The molecule has 0 bridgehead atoms. The molecule has 1 aliphatic carbocycles. The lowest BCUT2D eigenvalue weighted by Gasteiger charge is -2.06. The third-order valence-electron chi connectivity index (χ3n) is 1.96. The van der Waals surface area contributed by atoms with Gasteiger partial charge in [-0.15, -0.1) is 0 Å². The zero-order chi connectivity index (χ0) is 7.90. The van der Waals surface area contributed by atoms with Crippen LogP contribution >= 0.6 is 0 Å². The van der Waals surface area contributed by atoms with E-state index < -0.39 is 9.84 Å². The number of hydrogen-bond acceptors (Lipinski definition) is 3. The fourth-order valence-corrected chi connectivity index (χ4v) is 2.48. The lowest BCUT2D eigenvalue weighted by molar-refractivity contribution is 0.589. The molecule has 0 aromatic rings. The van der Waals surface area contributed by atoms with E-state index in [1.165, 1.54) is 18.2 Å². The van der Waals surface area contributed by atoms with Crippen molar-refractivity contribution in [2.24, 2.45) is 0 Å². The Morgan fingerprint density at radius 3 is 2.55 bits per heavy atom. The van der Waals surface area contributed by atoms with E-state index in [2.05, 4.69) is 5.32 Å². The van der Waals surface area contributed by atoms with Crippen molar-refractivity contribution in [1.82, 2.24) is 5.32 Å². The molecule has 2 aliphatic rings. The molecule has 0 saturated heterocycles. The van der Waals surface area contributed by atoms with Crippen molar-refractivity contribution in [1.29, 1.82) is 0 Å². The second-order valence-electron chi connectivity index (χ2n) is 3.21. The van der Waals surface area contributed by atoms with Gasteiger partial charge in [-0.1, -0.05) is 6.08 Å². The molecule has 2 rings (SSSR count). The van der Waals surface area contributed by atoms with Crippen molar-refractivity contribution in [3.05, 3.63) is 11.5 Å². The summed E-state index contributed by atoms with van der Waals surface area (Å²) >= 11 is 0. The van der Waals surface area contributed by atoms with Crippen molar-refractivity contribution in [3.8, 4) is 0 Å². The summed E-state index contributed by atoms with van der Waals surface area (Å²) in [6.45, 7) is 0. The van der Waals surface area contributed by atoms with Crippen LogP contribution in [-0.2, 0) is 9.84 Å². The van der Waals surface area contributed by atoms with Gasteiger partial charge in [0.05, 0.1) is 5.75 Å². The Bertz CT molecular complexity index is 277. The Morgan fingerprint density at radius 2 is 2.09 bits per heavy atom. The summed E-state index contributed by atoms with van der Waals surface area (Å²) in [4.78, 5) is 0. The lowest BCUT2D eigenvalue weighted by Crippen LogP contribution is -2.31. The average molecular weight is 173 g/mol. The molecule has 1 atom stereocenters. The van der Waals surface area contributed by atoms with E-state index in [9.17, 15) is 8.42 Å². The Balaban J connectivity index is 1.94. The minimum absolute atomic E-state index is 0.0764. The zero-order valence-corrected chi connectivity index (χ0v) is 6.97. The van der Waals surface area contributed by atoms with Crippen molar-refractivity contribution >= 4 is 9.84 Å². The molecule has 0 radical (unpaired) electrons. The van der Waals surface area contributed by atoms with Crippen molar-refractivity contribution in [2.75, 3.05) is 5.75 Å². The van der Waals surface area contributed by atoms with Gasteiger partial charge in [0, 0.05) is 17.5 Å². The molecule has 3 nitrogen and oxygen atoms in total. The standard InChI is InChI=1S/C7H11NO2S/c9-11(10)4-3-7(5-11)8-6-1-2-6/h3-4,6-8H,1-2,5H2. The molecule has 0 amide bonds. The van der Waals surface area contributed by atoms with Crippen LogP contribution in [0.2, 0.25) is 0 Å². The summed E-state index contributed by atoms with van der Waals surface area (Å²) in [6, 6.07) is 0.658. The first-order valence-corrected chi connectivity index (χ1v) is 5.54. The average Bonchev–Trinajstić information content (AvgIpc) is 2.61. The zero-order valence-electron chi connectivity index (χ0n) is 6.16. The van der Waals surface area contributed by atoms with Gasteiger partial charge in [0.2, 0.25) is 0 Å². The Kier molecular flexibility index (Phi) is 1.54. The van der Waals surface area contributed by atoms with Crippen LogP contribution in [0.3, 0.4) is 0 Å². The normalized spacial score (nSPS) is 34.4. The highest BCUT2D eigenvalue weighted by molar-refractivity contribution is 7.94. The quantitative estimate of drug-likeness (QED) is 0.641.